The number of hydrazine groups is 1. The van der Waals surface area contributed by atoms with Crippen molar-refractivity contribution in [3.05, 3.63) is 29.8 Å². The fourth-order valence-corrected chi connectivity index (χ4v) is 1.22. The van der Waals surface area contributed by atoms with Crippen LogP contribution in [0.1, 0.15) is 26.3 Å². The lowest BCUT2D eigenvalue weighted by Crippen LogP contribution is -2.34. The highest BCUT2D eigenvalue weighted by Crippen LogP contribution is 2.14. The van der Waals surface area contributed by atoms with E-state index in [0.29, 0.717) is 0 Å². The molecule has 0 saturated carbocycles. The normalized spacial score (nSPS) is 10.9. The van der Waals surface area contributed by atoms with Crippen molar-refractivity contribution >= 4 is 23.6 Å². The Balaban J connectivity index is 2.57. The SMILES string of the molecule is Cc1ccc(NN(Cl)C(=O)OC(C)(C)C)cc1. The second-order valence-electron chi connectivity index (χ2n) is 4.74. The first kappa shape index (κ1) is 13.6. The summed E-state index contributed by atoms with van der Waals surface area (Å²) in [4.78, 5) is 11.5. The van der Waals surface area contributed by atoms with Gasteiger partial charge >= 0.3 is 6.09 Å². The molecule has 0 fully saturated rings. The first-order chi connectivity index (χ1) is 7.78. The van der Waals surface area contributed by atoms with Crippen molar-refractivity contribution < 1.29 is 9.53 Å². The van der Waals surface area contributed by atoms with Crippen molar-refractivity contribution in [3.63, 3.8) is 0 Å². The highest BCUT2D eigenvalue weighted by atomic mass is 35.5. The molecule has 1 amide bonds. The van der Waals surface area contributed by atoms with Crippen LogP contribution in [0.4, 0.5) is 10.5 Å². The molecule has 0 saturated heterocycles. The van der Waals surface area contributed by atoms with Crippen molar-refractivity contribution in [2.45, 2.75) is 33.3 Å². The number of hydrogen-bond donors (Lipinski definition) is 1. The summed E-state index contributed by atoms with van der Waals surface area (Å²) in [5.41, 5.74) is 4.00. The number of amides is 1. The molecule has 0 spiro atoms. The molecule has 5 heteroatoms. The third kappa shape index (κ3) is 4.95. The van der Waals surface area contributed by atoms with E-state index < -0.39 is 11.7 Å². The van der Waals surface area contributed by atoms with Gasteiger partial charge in [0, 0.05) is 11.8 Å². The number of carbonyl (C=O) groups is 1. The largest absolute Gasteiger partial charge is 0.444 e. The zero-order valence-corrected chi connectivity index (χ0v) is 11.2. The molecular formula is C12H17ClN2O2. The lowest BCUT2D eigenvalue weighted by Gasteiger charge is -2.23. The predicted octanol–water partition coefficient (Wildman–Crippen LogP) is 3.71. The Morgan fingerprint density at radius 3 is 2.29 bits per heavy atom. The van der Waals surface area contributed by atoms with Crippen LogP contribution in [0.5, 0.6) is 0 Å². The van der Waals surface area contributed by atoms with Gasteiger partial charge in [-0.2, -0.15) is 0 Å². The van der Waals surface area contributed by atoms with Crippen LogP contribution in [-0.2, 0) is 4.74 Å². The summed E-state index contributed by atoms with van der Waals surface area (Å²) in [7, 11) is 0. The Kier molecular flexibility index (Phi) is 4.23. The zero-order valence-electron chi connectivity index (χ0n) is 10.5. The van der Waals surface area contributed by atoms with Gasteiger partial charge in [0.15, 0.2) is 0 Å². The van der Waals surface area contributed by atoms with E-state index in [1.54, 1.807) is 20.8 Å². The number of rotatable bonds is 2. The lowest BCUT2D eigenvalue weighted by atomic mass is 10.2. The van der Waals surface area contributed by atoms with Gasteiger partial charge in [0.05, 0.1) is 5.69 Å². The summed E-state index contributed by atoms with van der Waals surface area (Å²) in [6.07, 6.45) is -0.639. The predicted molar refractivity (Wildman–Crippen MR) is 68.7 cm³/mol. The van der Waals surface area contributed by atoms with Gasteiger partial charge in [0.1, 0.15) is 5.60 Å². The van der Waals surface area contributed by atoms with Crippen LogP contribution in [0.25, 0.3) is 0 Å². The van der Waals surface area contributed by atoms with Gasteiger partial charge in [-0.3, -0.25) is 5.43 Å². The maximum Gasteiger partial charge on any atom is 0.444 e. The van der Waals surface area contributed by atoms with Crippen LogP contribution >= 0.6 is 11.8 Å². The average Bonchev–Trinajstić information content (AvgIpc) is 2.19. The van der Waals surface area contributed by atoms with Gasteiger partial charge < -0.3 is 4.74 Å². The monoisotopic (exact) mass is 256 g/mol. The fraction of sp³-hybridized carbons (Fsp3) is 0.417. The Morgan fingerprint density at radius 2 is 1.82 bits per heavy atom. The lowest BCUT2D eigenvalue weighted by molar-refractivity contribution is 0.0421. The minimum Gasteiger partial charge on any atom is -0.442 e. The molecule has 1 aromatic carbocycles. The molecule has 0 aliphatic carbocycles. The third-order valence-electron chi connectivity index (χ3n) is 1.83. The quantitative estimate of drug-likeness (QED) is 0.648. The van der Waals surface area contributed by atoms with E-state index in [9.17, 15) is 4.79 Å². The molecule has 0 aliphatic rings. The van der Waals surface area contributed by atoms with Gasteiger partial charge in [-0.05, 0) is 39.8 Å². The topological polar surface area (TPSA) is 41.6 Å². The number of halogens is 1. The number of hydrogen-bond acceptors (Lipinski definition) is 3. The molecule has 0 aromatic heterocycles. The summed E-state index contributed by atoms with van der Waals surface area (Å²) < 4.78 is 5.89. The summed E-state index contributed by atoms with van der Waals surface area (Å²) in [5, 5.41) is 0. The van der Waals surface area contributed by atoms with Crippen molar-refractivity contribution in [2.75, 3.05) is 5.43 Å². The summed E-state index contributed by atoms with van der Waals surface area (Å²) in [5.74, 6) is 0. The first-order valence-corrected chi connectivity index (χ1v) is 5.64. The third-order valence-corrected chi connectivity index (χ3v) is 2.06. The highest BCUT2D eigenvalue weighted by Gasteiger charge is 2.21. The zero-order chi connectivity index (χ0) is 13.1. The number of ether oxygens (including phenoxy) is 1. The van der Waals surface area contributed by atoms with E-state index in [4.69, 9.17) is 16.5 Å². The van der Waals surface area contributed by atoms with Gasteiger partial charge in [0.2, 0.25) is 0 Å². The van der Waals surface area contributed by atoms with E-state index in [2.05, 4.69) is 5.43 Å². The number of aryl methyl sites for hydroxylation is 1. The van der Waals surface area contributed by atoms with Crippen LogP contribution < -0.4 is 5.43 Å². The van der Waals surface area contributed by atoms with E-state index in [-0.39, 0.29) is 0 Å². The number of carbonyl (C=O) groups excluding carboxylic acids is 1. The molecule has 0 heterocycles. The highest BCUT2D eigenvalue weighted by molar-refractivity contribution is 6.20. The molecule has 1 aromatic rings. The van der Waals surface area contributed by atoms with E-state index in [1.807, 2.05) is 31.2 Å². The van der Waals surface area contributed by atoms with Crippen molar-refractivity contribution in [1.82, 2.24) is 4.53 Å². The maximum atomic E-state index is 11.5. The van der Waals surface area contributed by atoms with Crippen molar-refractivity contribution in [3.8, 4) is 0 Å². The molecule has 0 aliphatic heterocycles. The number of benzene rings is 1. The van der Waals surface area contributed by atoms with Gasteiger partial charge in [-0.25, -0.2) is 4.79 Å². The van der Waals surface area contributed by atoms with Crippen molar-refractivity contribution in [2.24, 2.45) is 0 Å². The molecule has 94 valence electrons. The Labute approximate surface area is 107 Å². The summed E-state index contributed by atoms with van der Waals surface area (Å²) >= 11 is 5.76. The molecule has 0 radical (unpaired) electrons. The molecule has 1 N–H and O–H groups in total. The minimum atomic E-state index is -0.639. The van der Waals surface area contributed by atoms with Crippen molar-refractivity contribution in [1.29, 1.82) is 0 Å². The summed E-state index contributed by atoms with van der Waals surface area (Å²) in [6.45, 7) is 7.32. The smallest absolute Gasteiger partial charge is 0.442 e. The van der Waals surface area contributed by atoms with Gasteiger partial charge in [0.25, 0.3) is 0 Å². The van der Waals surface area contributed by atoms with Crippen LogP contribution in [-0.4, -0.2) is 16.2 Å². The van der Waals surface area contributed by atoms with Crippen LogP contribution in [0.3, 0.4) is 0 Å². The van der Waals surface area contributed by atoms with Crippen LogP contribution in [0.2, 0.25) is 0 Å². The van der Waals surface area contributed by atoms with E-state index >= 15 is 0 Å². The first-order valence-electron chi connectivity index (χ1n) is 5.30. The summed E-state index contributed by atoms with van der Waals surface area (Å²) in [6, 6.07) is 7.49. The second-order valence-corrected chi connectivity index (χ2v) is 5.08. The minimum absolute atomic E-state index is 0.570. The maximum absolute atomic E-state index is 11.5. The van der Waals surface area contributed by atoms with Crippen LogP contribution in [0.15, 0.2) is 24.3 Å². The molecule has 17 heavy (non-hydrogen) atoms. The Morgan fingerprint density at radius 1 is 1.29 bits per heavy atom. The second kappa shape index (κ2) is 5.27. The molecular weight excluding hydrogens is 240 g/mol. The average molecular weight is 257 g/mol. The number of anilines is 1. The molecule has 1 rings (SSSR count). The number of nitrogens with one attached hydrogen (secondary N) is 1. The van der Waals surface area contributed by atoms with Gasteiger partial charge in [-0.1, -0.05) is 17.7 Å². The van der Waals surface area contributed by atoms with E-state index in [1.165, 1.54) is 0 Å². The number of nitrogens with zero attached hydrogens (tertiary/aromatic N) is 1. The van der Waals surface area contributed by atoms with E-state index in [0.717, 1.165) is 15.8 Å². The molecule has 0 unspecified atom stereocenters. The Bertz CT molecular complexity index is 384. The molecule has 0 atom stereocenters. The van der Waals surface area contributed by atoms with Crippen LogP contribution in [0, 0.1) is 6.92 Å². The molecule has 0 bridgehead atoms. The fourth-order valence-electron chi connectivity index (χ4n) is 1.09. The molecule has 4 nitrogen and oxygen atoms in total. The van der Waals surface area contributed by atoms with Gasteiger partial charge in [-0.15, -0.1) is 4.53 Å². The Hall–Kier alpha value is -1.42. The standard InChI is InChI=1S/C12H17ClN2O2/c1-9-5-7-10(8-6-9)14-15(13)11(16)17-12(2,3)4/h5-8,14H,1-4H3.